The Morgan fingerprint density at radius 3 is 1.72 bits per heavy atom. The molecule has 0 spiro atoms. The fourth-order valence-electron chi connectivity index (χ4n) is 6.76. The number of benzene rings is 7. The molecule has 7 aromatic carbocycles. The average Bonchev–Trinajstić information content (AvgIpc) is 3.16. The summed E-state index contributed by atoms with van der Waals surface area (Å²) in [5, 5.41) is 6.24. The van der Waals surface area contributed by atoms with Gasteiger partial charge >= 0.3 is 0 Å². The van der Waals surface area contributed by atoms with Crippen molar-refractivity contribution < 1.29 is 0 Å². The molecule has 1 heterocycles. The summed E-state index contributed by atoms with van der Waals surface area (Å²) in [7, 11) is 2.15. The van der Waals surface area contributed by atoms with Crippen molar-refractivity contribution in [2.45, 2.75) is 12.3 Å². The molecule has 0 amide bonds. The van der Waals surface area contributed by atoms with Crippen LogP contribution < -0.4 is 5.32 Å². The Morgan fingerprint density at radius 2 is 1.02 bits per heavy atom. The van der Waals surface area contributed by atoms with Gasteiger partial charge in [0, 0.05) is 5.56 Å². The maximum Gasteiger partial charge on any atom is 0.132 e. The molecule has 0 aliphatic carbocycles. The first kappa shape index (κ1) is 28.7. The fraction of sp³-hybridized carbons (Fsp3) is 0.0682. The molecule has 8 rings (SSSR count). The molecule has 0 bridgehead atoms. The molecule has 2 unspecified atom stereocenters. The van der Waals surface area contributed by atoms with Gasteiger partial charge in [-0.25, -0.2) is 4.99 Å². The molecule has 226 valence electrons. The van der Waals surface area contributed by atoms with E-state index in [1.54, 1.807) is 0 Å². The Morgan fingerprint density at radius 1 is 0.468 bits per heavy atom. The number of nitrogens with zero attached hydrogens (tertiary/aromatic N) is 2. The lowest BCUT2D eigenvalue weighted by Crippen LogP contribution is -2.45. The van der Waals surface area contributed by atoms with Crippen molar-refractivity contribution in [2.24, 2.45) is 4.99 Å². The summed E-state index contributed by atoms with van der Waals surface area (Å²) < 4.78 is 0. The van der Waals surface area contributed by atoms with Crippen molar-refractivity contribution in [1.82, 2.24) is 10.2 Å². The van der Waals surface area contributed by atoms with Gasteiger partial charge in [0.25, 0.3) is 0 Å². The average molecular weight is 606 g/mol. The first-order chi connectivity index (χ1) is 23.2. The third kappa shape index (κ3) is 5.63. The van der Waals surface area contributed by atoms with Crippen molar-refractivity contribution in [3.05, 3.63) is 193 Å². The molecule has 3 heteroatoms. The molecular weight excluding hydrogens is 571 g/mol. The number of fused-ring (bicyclic) bond motifs is 1. The molecule has 0 aromatic heterocycles. The lowest BCUT2D eigenvalue weighted by atomic mass is 9.88. The second-order valence-corrected chi connectivity index (χ2v) is 12.1. The highest BCUT2D eigenvalue weighted by molar-refractivity contribution is 6.04. The van der Waals surface area contributed by atoms with E-state index in [1.165, 1.54) is 55.3 Å². The third-order valence-corrected chi connectivity index (χ3v) is 9.21. The maximum absolute atomic E-state index is 5.18. The highest BCUT2D eigenvalue weighted by atomic mass is 15.4. The predicted molar refractivity (Wildman–Crippen MR) is 196 cm³/mol. The summed E-state index contributed by atoms with van der Waals surface area (Å²) >= 11 is 0. The van der Waals surface area contributed by atoms with Crippen molar-refractivity contribution in [2.75, 3.05) is 7.05 Å². The van der Waals surface area contributed by atoms with E-state index in [0.29, 0.717) is 0 Å². The van der Waals surface area contributed by atoms with Gasteiger partial charge in [-0.3, -0.25) is 4.90 Å². The van der Waals surface area contributed by atoms with Crippen molar-refractivity contribution in [1.29, 1.82) is 0 Å². The molecule has 0 saturated heterocycles. The van der Waals surface area contributed by atoms with Gasteiger partial charge in [-0.05, 0) is 62.3 Å². The van der Waals surface area contributed by atoms with Gasteiger partial charge in [-0.1, -0.05) is 176 Å². The quantitative estimate of drug-likeness (QED) is 0.204. The van der Waals surface area contributed by atoms with Crippen molar-refractivity contribution in [3.63, 3.8) is 0 Å². The molecule has 1 aliphatic heterocycles. The zero-order chi connectivity index (χ0) is 31.6. The number of hydrogen-bond acceptors (Lipinski definition) is 3. The van der Waals surface area contributed by atoms with Gasteiger partial charge in [-0.2, -0.15) is 0 Å². The van der Waals surface area contributed by atoms with Gasteiger partial charge in [0.15, 0.2) is 0 Å². The zero-order valence-corrected chi connectivity index (χ0v) is 26.3. The summed E-state index contributed by atoms with van der Waals surface area (Å²) in [5.41, 5.74) is 10.8. The second kappa shape index (κ2) is 12.6. The highest BCUT2D eigenvalue weighted by Crippen LogP contribution is 2.40. The fourth-order valence-corrected chi connectivity index (χ4v) is 6.76. The van der Waals surface area contributed by atoms with E-state index in [0.717, 1.165) is 11.4 Å². The van der Waals surface area contributed by atoms with Gasteiger partial charge < -0.3 is 5.32 Å². The first-order valence-electron chi connectivity index (χ1n) is 16.2. The van der Waals surface area contributed by atoms with Crippen LogP contribution in [0.25, 0.3) is 44.2 Å². The standard InChI is InChI=1S/C44H35N3/c1-47-43(37-18-9-4-10-19-37)45-42(36-16-7-3-8-17-36)46-44(47)38-27-25-35(26-28-38)41-39-20-12-11-15-33(39)29-30-40(41)34-23-21-32(22-24-34)31-13-5-2-6-14-31/h2-30,43-44H,1H3,(H,45,46). The summed E-state index contributed by atoms with van der Waals surface area (Å²) in [5.74, 6) is 0.905. The monoisotopic (exact) mass is 605 g/mol. The van der Waals surface area contributed by atoms with Crippen LogP contribution >= 0.6 is 0 Å². The van der Waals surface area contributed by atoms with Gasteiger partial charge in [0.1, 0.15) is 18.2 Å². The van der Waals surface area contributed by atoms with Crippen LogP contribution in [0.4, 0.5) is 0 Å². The highest BCUT2D eigenvalue weighted by Gasteiger charge is 2.31. The normalized spacial score (nSPS) is 16.4. The van der Waals surface area contributed by atoms with Crippen LogP contribution in [-0.4, -0.2) is 17.8 Å². The largest absolute Gasteiger partial charge is 0.350 e. The number of amidine groups is 1. The molecule has 1 N–H and O–H groups in total. The molecule has 0 fully saturated rings. The van der Waals surface area contributed by atoms with Crippen LogP contribution in [0.5, 0.6) is 0 Å². The molecule has 7 aromatic rings. The van der Waals surface area contributed by atoms with Crippen molar-refractivity contribution in [3.8, 4) is 33.4 Å². The first-order valence-corrected chi connectivity index (χ1v) is 16.2. The predicted octanol–water partition coefficient (Wildman–Crippen LogP) is 10.5. The summed E-state index contributed by atoms with van der Waals surface area (Å²) in [4.78, 5) is 7.49. The van der Waals surface area contributed by atoms with Crippen LogP contribution in [0.1, 0.15) is 29.0 Å². The number of hydrogen-bond donors (Lipinski definition) is 1. The Balaban J connectivity index is 1.18. The van der Waals surface area contributed by atoms with Crippen LogP contribution in [0.3, 0.4) is 0 Å². The number of rotatable bonds is 6. The maximum atomic E-state index is 5.18. The number of aliphatic imine (C=N–C) groups is 1. The van der Waals surface area contributed by atoms with Crippen LogP contribution in [0.15, 0.2) is 181 Å². The van der Waals surface area contributed by atoms with E-state index in [2.05, 4.69) is 187 Å². The lowest BCUT2D eigenvalue weighted by Gasteiger charge is -2.39. The van der Waals surface area contributed by atoms with E-state index in [4.69, 9.17) is 4.99 Å². The molecule has 1 aliphatic rings. The van der Waals surface area contributed by atoms with Crippen LogP contribution in [-0.2, 0) is 0 Å². The SMILES string of the molecule is CN1C(c2ccccc2)N=C(c2ccccc2)NC1c1ccc(-c2c(-c3ccc(-c4ccccc4)cc3)ccc3ccccc23)cc1. The van der Waals surface area contributed by atoms with Gasteiger partial charge in [0.05, 0.1) is 0 Å². The van der Waals surface area contributed by atoms with Gasteiger partial charge in [-0.15, -0.1) is 0 Å². The van der Waals surface area contributed by atoms with E-state index in [1.807, 2.05) is 6.07 Å². The van der Waals surface area contributed by atoms with Gasteiger partial charge in [0.2, 0.25) is 0 Å². The third-order valence-electron chi connectivity index (χ3n) is 9.21. The van der Waals surface area contributed by atoms with E-state index >= 15 is 0 Å². The summed E-state index contributed by atoms with van der Waals surface area (Å²) in [6.07, 6.45) is -0.166. The Kier molecular flexibility index (Phi) is 7.66. The van der Waals surface area contributed by atoms with E-state index < -0.39 is 0 Å². The molecule has 47 heavy (non-hydrogen) atoms. The second-order valence-electron chi connectivity index (χ2n) is 12.1. The van der Waals surface area contributed by atoms with E-state index in [-0.39, 0.29) is 12.3 Å². The summed E-state index contributed by atoms with van der Waals surface area (Å²) in [6, 6.07) is 62.8. The number of nitrogens with one attached hydrogen (secondary N) is 1. The Labute approximate surface area is 276 Å². The summed E-state index contributed by atoms with van der Waals surface area (Å²) in [6.45, 7) is 0. The smallest absolute Gasteiger partial charge is 0.132 e. The van der Waals surface area contributed by atoms with Crippen LogP contribution in [0, 0.1) is 0 Å². The lowest BCUT2D eigenvalue weighted by molar-refractivity contribution is 0.152. The molecule has 0 saturated carbocycles. The van der Waals surface area contributed by atoms with E-state index in [9.17, 15) is 0 Å². The minimum Gasteiger partial charge on any atom is -0.350 e. The van der Waals surface area contributed by atoms with Crippen LogP contribution in [0.2, 0.25) is 0 Å². The molecule has 0 radical (unpaired) electrons. The minimum absolute atomic E-state index is 0.0560. The Bertz CT molecular complexity index is 2160. The molecular formula is C44H35N3. The Hall–Kier alpha value is -5.77. The molecule has 2 atom stereocenters. The molecule has 3 nitrogen and oxygen atoms in total. The zero-order valence-electron chi connectivity index (χ0n) is 26.3. The minimum atomic E-state index is -0.110. The van der Waals surface area contributed by atoms with Crippen molar-refractivity contribution >= 4 is 16.6 Å². The topological polar surface area (TPSA) is 27.6 Å².